The second-order valence-corrected chi connectivity index (χ2v) is 35.9. The number of aromatic nitrogens is 6. The predicted octanol–water partition coefficient (Wildman–Crippen LogP) is 10.5. The van der Waals surface area contributed by atoms with Crippen molar-refractivity contribution in [2.45, 2.75) is 159 Å². The summed E-state index contributed by atoms with van der Waals surface area (Å²) < 4.78 is 110. The van der Waals surface area contributed by atoms with E-state index in [1.165, 1.54) is 66.7 Å². The summed E-state index contributed by atoms with van der Waals surface area (Å²) in [5.41, 5.74) is 15.9. The summed E-state index contributed by atoms with van der Waals surface area (Å²) in [6.45, 7) is 31.6. The van der Waals surface area contributed by atoms with Crippen molar-refractivity contribution >= 4 is 82.7 Å². The maximum Gasteiger partial charge on any atom is 0.281 e. The first-order valence-corrected chi connectivity index (χ1v) is 40.6. The summed E-state index contributed by atoms with van der Waals surface area (Å²) in [5, 5.41) is 9.04. The van der Waals surface area contributed by atoms with Crippen LogP contribution in [0.5, 0.6) is 5.75 Å². The van der Waals surface area contributed by atoms with Gasteiger partial charge in [0.15, 0.2) is 15.1 Å². The highest BCUT2D eigenvalue weighted by Crippen LogP contribution is 2.41. The fourth-order valence-electron chi connectivity index (χ4n) is 13.9. The molecule has 6 aromatic heterocycles. The number of carbonyl (C=O) groups is 3. The average molecular weight is 1550 g/mol. The molecule has 4 aliphatic heterocycles. The molecule has 0 saturated carbocycles. The highest BCUT2D eigenvalue weighted by Gasteiger charge is 2.41. The van der Waals surface area contributed by atoms with E-state index in [1.807, 2.05) is 43.4 Å². The number of aliphatic hydroxyl groups excluding tert-OH is 1. The third-order valence-corrected chi connectivity index (χ3v) is 22.7. The quantitative estimate of drug-likeness (QED) is 0.0465. The summed E-state index contributed by atoms with van der Waals surface area (Å²) in [4.78, 5) is 73.7. The van der Waals surface area contributed by atoms with Crippen LogP contribution in [0.4, 0.5) is 39.3 Å². The molecule has 4 aliphatic rings. The van der Waals surface area contributed by atoms with Gasteiger partial charge in [0.05, 0.1) is 47.8 Å². The van der Waals surface area contributed by atoms with E-state index in [2.05, 4.69) is 119 Å². The first-order chi connectivity index (χ1) is 51.1. The maximum absolute atomic E-state index is 14.4. The lowest BCUT2D eigenvalue weighted by Crippen LogP contribution is -2.42. The molecule has 0 bridgehead atoms. The molecule has 3 atom stereocenters. The normalized spacial score (nSPS) is 18.1. The van der Waals surface area contributed by atoms with Crippen LogP contribution in [0.15, 0.2) is 149 Å². The Morgan fingerprint density at radius 3 is 1.69 bits per heavy atom. The molecule has 4 fully saturated rings. The number of aryl methyl sites for hydroxylation is 1. The van der Waals surface area contributed by atoms with Crippen LogP contribution in [0.3, 0.4) is 0 Å². The highest BCUT2D eigenvalue weighted by molar-refractivity contribution is 7.90. The standard InChI is InChI=1S/C29H37N5O3S.C26H30FN5O5S.C23H31N5O4S/c1-18-11-20(13-22(12-18)28(3,4)5)21-14-23(26(31-16-21)34-17-19(2)15-29(34,6)7)27(35)33-38(36,37)25-10-8-9-24(30)32-25;1-16(2)15-37-20-13-17(12-18(27)14-20)22-7-6-21(25(29-22)32-10-8-19(33)9-11-32)26(34)31-38(35,36)24-5-3-4-23(28)30-24;1-16-13-23(3,4)28(14-16)21-18(7-6-10-24-21)22(29)26-33(30,31)20-9-5-8-19(25-20)27-11-12-32-17(2)15-27/h8-14,16,19H,15,17H2,1-7H3,(H2,30,32)(H,33,35);3-7,12-14,16,19,33H,8-11,15H2,1-2H3,(H2,28,30)(H,31,34);5-10,16-17H,11-15H2,1-4H3,(H,26,29). The SMILES string of the molecule is CC(C)COc1cc(F)cc(-c2ccc(C(=O)NS(=O)(=O)c3cccc(N)n3)c(N3CCC(O)CC3)n2)c1.CC1CN(c2ncccc2C(=O)NS(=O)(=O)c2cccc(N3CCOC(C)C3)n2)C(C)(C)C1.Cc1cc(-c2cnc(N3CC(C)CC3(C)C)c(C(=O)NS(=O)(=O)c3cccc(N)n3)c2)cc(C(C)(C)C)c1. The Bertz CT molecular complexity index is 5040. The summed E-state index contributed by atoms with van der Waals surface area (Å²) in [7, 11) is -12.8. The number of hydrogen-bond acceptors (Lipinski definition) is 24. The van der Waals surface area contributed by atoms with Gasteiger partial charge in [0.2, 0.25) is 0 Å². The zero-order chi connectivity index (χ0) is 79.3. The van der Waals surface area contributed by atoms with Gasteiger partial charge in [0, 0.05) is 79.9 Å². The molecular formula is C78H98FN15O12S3. The number of carbonyl (C=O) groups excluding carboxylic acids is 3. The molecule has 31 heteroatoms. The van der Waals surface area contributed by atoms with Crippen LogP contribution in [-0.2, 0) is 40.2 Å². The van der Waals surface area contributed by atoms with Gasteiger partial charge in [0.25, 0.3) is 47.8 Å². The first kappa shape index (κ1) is 81.6. The molecule has 12 rings (SSSR count). The second kappa shape index (κ2) is 33.1. The molecule has 8 N–H and O–H groups in total. The minimum atomic E-state index is -4.32. The van der Waals surface area contributed by atoms with Crippen molar-refractivity contribution in [1.29, 1.82) is 0 Å². The van der Waals surface area contributed by atoms with E-state index < -0.39 is 64.7 Å². The highest BCUT2D eigenvalue weighted by atomic mass is 32.2. The molecule has 109 heavy (non-hydrogen) atoms. The molecular weight excluding hydrogens is 1450 g/mol. The number of nitrogens with one attached hydrogen (secondary N) is 3. The van der Waals surface area contributed by atoms with Crippen LogP contribution in [0, 0.1) is 30.5 Å². The lowest BCUT2D eigenvalue weighted by molar-refractivity contribution is 0.0529. The van der Waals surface area contributed by atoms with Gasteiger partial charge in [-0.3, -0.25) is 14.4 Å². The third-order valence-electron chi connectivity index (χ3n) is 19.0. The fraction of sp³-hybridized carbons (Fsp3) is 0.423. The monoisotopic (exact) mass is 1550 g/mol. The average Bonchev–Trinajstić information content (AvgIpc) is 1.74. The Morgan fingerprint density at radius 1 is 0.615 bits per heavy atom. The number of aliphatic hydroxyl groups is 1. The lowest BCUT2D eigenvalue weighted by Gasteiger charge is -2.34. The van der Waals surface area contributed by atoms with Gasteiger partial charge in [-0.05, 0) is 180 Å². The number of piperidine rings is 1. The van der Waals surface area contributed by atoms with Crippen molar-refractivity contribution in [2.75, 3.05) is 83.5 Å². The Hall–Kier alpha value is -9.95. The predicted molar refractivity (Wildman–Crippen MR) is 418 cm³/mol. The number of ether oxygens (including phenoxy) is 2. The number of amides is 3. The number of hydrogen-bond donors (Lipinski definition) is 6. The minimum Gasteiger partial charge on any atom is -0.493 e. The van der Waals surface area contributed by atoms with Crippen LogP contribution < -0.4 is 50.0 Å². The topological polar surface area (TPSA) is 371 Å². The number of nitrogen functional groups attached to an aromatic ring is 2. The summed E-state index contributed by atoms with van der Waals surface area (Å²) >= 11 is 0. The molecule has 3 amide bonds. The Labute approximate surface area is 638 Å². The lowest BCUT2D eigenvalue weighted by atomic mass is 9.84. The van der Waals surface area contributed by atoms with E-state index in [0.717, 1.165) is 41.6 Å². The number of rotatable bonds is 18. The molecule has 10 heterocycles. The van der Waals surface area contributed by atoms with Gasteiger partial charge in [-0.2, -0.15) is 25.3 Å². The summed E-state index contributed by atoms with van der Waals surface area (Å²) in [6.07, 6.45) is 5.72. The van der Waals surface area contributed by atoms with E-state index in [4.69, 9.17) is 25.9 Å². The van der Waals surface area contributed by atoms with Crippen LogP contribution in [-0.4, -0.2) is 154 Å². The number of benzene rings is 2. The van der Waals surface area contributed by atoms with Gasteiger partial charge >= 0.3 is 0 Å². The van der Waals surface area contributed by atoms with Crippen molar-refractivity contribution < 1.29 is 58.6 Å². The number of pyridine rings is 6. The fourth-order valence-corrected chi connectivity index (χ4v) is 16.7. The van der Waals surface area contributed by atoms with Gasteiger partial charge < -0.3 is 45.6 Å². The molecule has 3 unspecified atom stereocenters. The van der Waals surface area contributed by atoms with E-state index in [1.54, 1.807) is 53.7 Å². The molecule has 582 valence electrons. The number of sulfonamides is 3. The molecule has 0 spiro atoms. The van der Waals surface area contributed by atoms with Crippen molar-refractivity contribution in [3.05, 3.63) is 167 Å². The largest absolute Gasteiger partial charge is 0.493 e. The zero-order valence-electron chi connectivity index (χ0n) is 63.7. The van der Waals surface area contributed by atoms with Gasteiger partial charge in [-0.15, -0.1) is 0 Å². The smallest absolute Gasteiger partial charge is 0.281 e. The zero-order valence-corrected chi connectivity index (χ0v) is 66.2. The van der Waals surface area contributed by atoms with Gasteiger partial charge in [-0.1, -0.05) is 90.4 Å². The minimum absolute atomic E-state index is 0.00491. The van der Waals surface area contributed by atoms with Crippen molar-refractivity contribution in [3.63, 3.8) is 0 Å². The van der Waals surface area contributed by atoms with E-state index in [0.29, 0.717) is 105 Å². The van der Waals surface area contributed by atoms with Crippen molar-refractivity contribution in [1.82, 2.24) is 44.1 Å². The van der Waals surface area contributed by atoms with E-state index in [-0.39, 0.29) is 72.7 Å². The first-order valence-electron chi connectivity index (χ1n) is 36.2. The molecule has 0 aliphatic carbocycles. The van der Waals surface area contributed by atoms with Crippen molar-refractivity contribution in [3.8, 4) is 28.1 Å². The van der Waals surface area contributed by atoms with E-state index in [9.17, 15) is 49.1 Å². The molecule has 0 radical (unpaired) electrons. The van der Waals surface area contributed by atoms with Crippen LogP contribution in [0.1, 0.15) is 151 Å². The Balaban J connectivity index is 0.000000175. The maximum atomic E-state index is 14.4. The van der Waals surface area contributed by atoms with Crippen LogP contribution in [0.2, 0.25) is 0 Å². The van der Waals surface area contributed by atoms with Gasteiger partial charge in [0.1, 0.15) is 46.5 Å². The van der Waals surface area contributed by atoms with Crippen LogP contribution >= 0.6 is 0 Å². The van der Waals surface area contributed by atoms with Crippen LogP contribution in [0.25, 0.3) is 22.4 Å². The van der Waals surface area contributed by atoms with Gasteiger partial charge in [-0.25, -0.2) is 48.5 Å². The number of morpholine rings is 1. The summed E-state index contributed by atoms with van der Waals surface area (Å²) in [6, 6.07) is 31.6. The summed E-state index contributed by atoms with van der Waals surface area (Å²) in [5.74, 6) is 0.275. The second-order valence-electron chi connectivity index (χ2n) is 31.0. The third kappa shape index (κ3) is 20.3. The number of halogens is 1. The molecule has 8 aromatic rings. The number of nitrogens with two attached hydrogens (primary N) is 2. The molecule has 27 nitrogen and oxygen atoms in total. The molecule has 2 aromatic carbocycles. The number of nitrogens with zero attached hydrogens (tertiary/aromatic N) is 10. The number of anilines is 6. The van der Waals surface area contributed by atoms with Crippen molar-refractivity contribution in [2.24, 2.45) is 17.8 Å². The Morgan fingerprint density at radius 2 is 1.16 bits per heavy atom. The van der Waals surface area contributed by atoms with E-state index >= 15 is 0 Å². The molecule has 4 saturated heterocycles. The Kier molecular flexibility index (Phi) is 24.8.